The van der Waals surface area contributed by atoms with Crippen LogP contribution < -0.4 is 5.32 Å². The number of halogens is 3. The minimum Gasteiger partial charge on any atom is -0.359 e. The van der Waals surface area contributed by atoms with Crippen LogP contribution in [0.4, 0.5) is 18.3 Å². The van der Waals surface area contributed by atoms with E-state index >= 15 is 0 Å². The van der Waals surface area contributed by atoms with E-state index in [0.29, 0.717) is 5.13 Å². The number of carbonyl (C=O) groups excluding carboxylic acids is 1. The molecule has 0 saturated carbocycles. The monoisotopic (exact) mass is 318 g/mol. The zero-order valence-electron chi connectivity index (χ0n) is 11.3. The van der Waals surface area contributed by atoms with E-state index in [1.165, 1.54) is 18.3 Å². The lowest BCUT2D eigenvalue weighted by atomic mass is 10.2. The van der Waals surface area contributed by atoms with E-state index < -0.39 is 24.8 Å². The molecule has 1 heterocycles. The van der Waals surface area contributed by atoms with Crippen LogP contribution in [0.1, 0.15) is 12.5 Å². The summed E-state index contributed by atoms with van der Waals surface area (Å²) in [5.41, 5.74) is 1.73. The van der Waals surface area contributed by atoms with Gasteiger partial charge in [0.25, 0.3) is 5.91 Å². The Balaban J connectivity index is 2.02. The largest absolute Gasteiger partial charge is 0.411 e. The molecule has 8 heteroatoms. The maximum absolute atomic E-state index is 12.0. The lowest BCUT2D eigenvalue weighted by Gasteiger charge is -2.13. The van der Waals surface area contributed by atoms with E-state index in [9.17, 15) is 18.0 Å². The number of anilines is 1. The number of nitrogens with one attached hydrogen (secondary N) is 1. The van der Waals surface area contributed by atoms with E-state index in [1.807, 2.05) is 25.1 Å². The predicted molar refractivity (Wildman–Crippen MR) is 74.5 cm³/mol. The number of ether oxygens (including phenoxy) is 1. The van der Waals surface area contributed by atoms with E-state index in [2.05, 4.69) is 15.0 Å². The molecule has 1 aromatic heterocycles. The first kappa shape index (κ1) is 15.7. The third-order valence-corrected chi connectivity index (χ3v) is 3.65. The molecule has 2 aromatic rings. The maximum Gasteiger partial charge on any atom is 0.411 e. The summed E-state index contributed by atoms with van der Waals surface area (Å²) in [4.78, 5) is 16.0. The van der Waals surface area contributed by atoms with Crippen LogP contribution >= 0.6 is 11.3 Å². The van der Waals surface area contributed by atoms with Crippen LogP contribution in [0.15, 0.2) is 18.2 Å². The molecule has 0 aliphatic heterocycles. The fourth-order valence-electron chi connectivity index (χ4n) is 1.64. The number of benzene rings is 1. The van der Waals surface area contributed by atoms with Crippen molar-refractivity contribution in [3.63, 3.8) is 0 Å². The second-order valence-corrected chi connectivity index (χ2v) is 5.53. The van der Waals surface area contributed by atoms with Gasteiger partial charge in [-0.15, -0.1) is 0 Å². The summed E-state index contributed by atoms with van der Waals surface area (Å²) in [6.45, 7) is 1.70. The molecular formula is C13H13F3N2O2S. The van der Waals surface area contributed by atoms with Crippen LogP contribution in [0.3, 0.4) is 0 Å². The van der Waals surface area contributed by atoms with Gasteiger partial charge in [-0.05, 0) is 25.5 Å². The number of fused-ring (bicyclic) bond motifs is 1. The van der Waals surface area contributed by atoms with E-state index in [0.717, 1.165) is 15.8 Å². The first-order valence-corrected chi connectivity index (χ1v) is 6.93. The van der Waals surface area contributed by atoms with Gasteiger partial charge in [-0.2, -0.15) is 13.2 Å². The number of aromatic nitrogens is 1. The average molecular weight is 318 g/mol. The van der Waals surface area contributed by atoms with Crippen molar-refractivity contribution < 1.29 is 22.7 Å². The molecule has 0 fully saturated rings. The Hall–Kier alpha value is -1.67. The smallest absolute Gasteiger partial charge is 0.359 e. The Morgan fingerprint density at radius 2 is 2.19 bits per heavy atom. The molecule has 114 valence electrons. The number of amides is 1. The summed E-state index contributed by atoms with van der Waals surface area (Å²) in [5, 5.41) is 2.81. The highest BCUT2D eigenvalue weighted by molar-refractivity contribution is 7.22. The van der Waals surface area contributed by atoms with E-state index in [-0.39, 0.29) is 0 Å². The van der Waals surface area contributed by atoms with Crippen molar-refractivity contribution >= 4 is 32.6 Å². The van der Waals surface area contributed by atoms with Gasteiger partial charge in [-0.25, -0.2) is 4.98 Å². The standard InChI is InChI=1S/C13H13F3N2O2S/c1-7-4-3-5-9-10(7)17-12(21-9)18-11(19)8(2)20-6-13(14,15)16/h3-5,8H,6H2,1-2H3,(H,17,18,19)/t8-/m0/s1. The Morgan fingerprint density at radius 3 is 2.81 bits per heavy atom. The number of thiazole rings is 1. The summed E-state index contributed by atoms with van der Waals surface area (Å²) in [6.07, 6.45) is -5.67. The number of hydrogen-bond acceptors (Lipinski definition) is 4. The van der Waals surface area contributed by atoms with Gasteiger partial charge in [0.1, 0.15) is 12.7 Å². The third-order valence-electron chi connectivity index (χ3n) is 2.72. The van der Waals surface area contributed by atoms with E-state index in [1.54, 1.807) is 0 Å². The van der Waals surface area contributed by atoms with Gasteiger partial charge in [-0.1, -0.05) is 23.5 Å². The molecule has 2 rings (SSSR count). The Kier molecular flexibility index (Phi) is 4.48. The highest BCUT2D eigenvalue weighted by Gasteiger charge is 2.30. The molecule has 1 N–H and O–H groups in total. The van der Waals surface area contributed by atoms with Crippen LogP contribution in [0.25, 0.3) is 10.2 Å². The van der Waals surface area contributed by atoms with Gasteiger partial charge < -0.3 is 4.74 Å². The van der Waals surface area contributed by atoms with Crippen molar-refractivity contribution in [2.45, 2.75) is 26.1 Å². The third kappa shape index (κ3) is 4.15. The first-order chi connectivity index (χ1) is 9.76. The van der Waals surface area contributed by atoms with Crippen molar-refractivity contribution in [3.8, 4) is 0 Å². The number of hydrogen-bond donors (Lipinski definition) is 1. The Morgan fingerprint density at radius 1 is 1.48 bits per heavy atom. The molecule has 0 unspecified atom stereocenters. The topological polar surface area (TPSA) is 51.2 Å². The summed E-state index contributed by atoms with van der Waals surface area (Å²) in [6, 6.07) is 5.62. The minimum atomic E-state index is -4.46. The van der Waals surface area contributed by atoms with Crippen LogP contribution in [-0.2, 0) is 9.53 Å². The van der Waals surface area contributed by atoms with Crippen LogP contribution in [0, 0.1) is 6.92 Å². The molecule has 0 aliphatic carbocycles. The van der Waals surface area contributed by atoms with Gasteiger partial charge in [0.2, 0.25) is 0 Å². The van der Waals surface area contributed by atoms with Crippen molar-refractivity contribution in [2.75, 3.05) is 11.9 Å². The van der Waals surface area contributed by atoms with Crippen molar-refractivity contribution in [2.24, 2.45) is 0 Å². The zero-order chi connectivity index (χ0) is 15.6. The predicted octanol–water partition coefficient (Wildman–Crippen LogP) is 3.51. The van der Waals surface area contributed by atoms with Crippen LogP contribution in [0.5, 0.6) is 0 Å². The van der Waals surface area contributed by atoms with Gasteiger partial charge in [-0.3, -0.25) is 10.1 Å². The quantitative estimate of drug-likeness (QED) is 0.938. The number of aryl methyl sites for hydroxylation is 1. The minimum absolute atomic E-state index is 0.340. The second kappa shape index (κ2) is 5.98. The summed E-state index contributed by atoms with van der Waals surface area (Å²) in [7, 11) is 0. The molecule has 0 aliphatic rings. The SMILES string of the molecule is Cc1cccc2sc(NC(=O)[C@H](C)OCC(F)(F)F)nc12. The molecule has 0 saturated heterocycles. The molecule has 1 atom stereocenters. The summed E-state index contributed by atoms with van der Waals surface area (Å²) in [5.74, 6) is -0.657. The van der Waals surface area contributed by atoms with Gasteiger partial charge in [0.05, 0.1) is 10.2 Å². The number of carbonyl (C=O) groups is 1. The average Bonchev–Trinajstić information content (AvgIpc) is 2.79. The number of para-hydroxylation sites is 1. The lowest BCUT2D eigenvalue weighted by molar-refractivity contribution is -0.184. The number of alkyl halides is 3. The van der Waals surface area contributed by atoms with Gasteiger partial charge >= 0.3 is 6.18 Å². The van der Waals surface area contributed by atoms with Gasteiger partial charge in [0.15, 0.2) is 5.13 Å². The van der Waals surface area contributed by atoms with Crippen molar-refractivity contribution in [3.05, 3.63) is 23.8 Å². The number of rotatable bonds is 4. The van der Waals surface area contributed by atoms with Crippen LogP contribution in [0.2, 0.25) is 0 Å². The lowest BCUT2D eigenvalue weighted by Crippen LogP contribution is -2.31. The highest BCUT2D eigenvalue weighted by atomic mass is 32.1. The molecular weight excluding hydrogens is 305 g/mol. The summed E-state index contributed by atoms with van der Waals surface area (Å²) < 4.78 is 41.4. The van der Waals surface area contributed by atoms with Crippen LogP contribution in [-0.4, -0.2) is 29.8 Å². The fourth-order valence-corrected chi connectivity index (χ4v) is 2.59. The molecule has 0 bridgehead atoms. The normalized spacial score (nSPS) is 13.4. The Bertz CT molecular complexity index is 654. The van der Waals surface area contributed by atoms with Gasteiger partial charge in [0, 0.05) is 0 Å². The Labute approximate surface area is 122 Å². The molecule has 4 nitrogen and oxygen atoms in total. The zero-order valence-corrected chi connectivity index (χ0v) is 12.1. The van der Waals surface area contributed by atoms with Crippen molar-refractivity contribution in [1.29, 1.82) is 0 Å². The molecule has 0 radical (unpaired) electrons. The highest BCUT2D eigenvalue weighted by Crippen LogP contribution is 2.28. The molecule has 1 aromatic carbocycles. The van der Waals surface area contributed by atoms with Crippen molar-refractivity contribution in [1.82, 2.24) is 4.98 Å². The fraction of sp³-hybridized carbons (Fsp3) is 0.385. The molecule has 0 spiro atoms. The molecule has 1 amide bonds. The van der Waals surface area contributed by atoms with E-state index in [4.69, 9.17) is 0 Å². The second-order valence-electron chi connectivity index (χ2n) is 4.50. The number of nitrogens with zero attached hydrogens (tertiary/aromatic N) is 1. The molecule has 21 heavy (non-hydrogen) atoms. The maximum atomic E-state index is 12.0. The summed E-state index contributed by atoms with van der Waals surface area (Å²) >= 11 is 1.26. The first-order valence-electron chi connectivity index (χ1n) is 6.11.